The van der Waals surface area contributed by atoms with Gasteiger partial charge in [-0.3, -0.25) is 4.79 Å². The monoisotopic (exact) mass is 355 g/mol. The van der Waals surface area contributed by atoms with Crippen molar-refractivity contribution in [2.24, 2.45) is 0 Å². The van der Waals surface area contributed by atoms with E-state index >= 15 is 0 Å². The number of carbonyl (C=O) groups excluding carboxylic acids is 2. The molecule has 0 bridgehead atoms. The van der Waals surface area contributed by atoms with Crippen LogP contribution in [-0.2, 0) is 14.3 Å². The zero-order valence-corrected chi connectivity index (χ0v) is 14.9. The Labute approximate surface area is 152 Å². The minimum Gasteiger partial charge on any atom is -0.452 e. The molecule has 1 unspecified atom stereocenters. The van der Waals surface area contributed by atoms with Crippen molar-refractivity contribution in [1.82, 2.24) is 0 Å². The van der Waals surface area contributed by atoms with Crippen LogP contribution in [0.5, 0.6) is 0 Å². The number of esters is 1. The van der Waals surface area contributed by atoms with E-state index in [-0.39, 0.29) is 12.4 Å². The summed E-state index contributed by atoms with van der Waals surface area (Å²) >= 11 is 0. The van der Waals surface area contributed by atoms with E-state index in [1.807, 2.05) is 24.3 Å². The van der Waals surface area contributed by atoms with Gasteiger partial charge >= 0.3 is 5.97 Å². The lowest BCUT2D eigenvalue weighted by Gasteiger charge is -2.10. The smallest absolute Gasteiger partial charge is 0.331 e. The number of halogens is 1. The molecule has 5 heteroatoms. The van der Waals surface area contributed by atoms with E-state index in [2.05, 4.69) is 19.2 Å². The lowest BCUT2D eigenvalue weighted by Crippen LogP contribution is -2.20. The molecular formula is C21H22FNO3. The third kappa shape index (κ3) is 6.16. The third-order valence-electron chi connectivity index (χ3n) is 4.00. The summed E-state index contributed by atoms with van der Waals surface area (Å²) in [6, 6.07) is 13.3. The van der Waals surface area contributed by atoms with Crippen LogP contribution in [0.2, 0.25) is 0 Å². The molecular weight excluding hydrogens is 333 g/mol. The van der Waals surface area contributed by atoms with Gasteiger partial charge in [-0.05, 0) is 53.8 Å². The number of hydrogen-bond donors (Lipinski definition) is 1. The molecule has 2 aromatic rings. The van der Waals surface area contributed by atoms with Gasteiger partial charge < -0.3 is 10.1 Å². The topological polar surface area (TPSA) is 55.4 Å². The summed E-state index contributed by atoms with van der Waals surface area (Å²) in [6.07, 6.45) is 3.74. The van der Waals surface area contributed by atoms with Gasteiger partial charge in [0.2, 0.25) is 0 Å². The van der Waals surface area contributed by atoms with Crippen molar-refractivity contribution < 1.29 is 18.7 Å². The Bertz CT molecular complexity index is 767. The first-order valence-electron chi connectivity index (χ1n) is 8.48. The second-order valence-electron chi connectivity index (χ2n) is 5.97. The Morgan fingerprint density at radius 3 is 2.38 bits per heavy atom. The highest BCUT2D eigenvalue weighted by atomic mass is 19.1. The molecule has 2 aromatic carbocycles. The first-order chi connectivity index (χ1) is 12.5. The minimum atomic E-state index is -0.642. The second-order valence-corrected chi connectivity index (χ2v) is 5.97. The molecule has 0 spiro atoms. The number of carbonyl (C=O) groups is 2. The first kappa shape index (κ1) is 19.4. The lowest BCUT2D eigenvalue weighted by atomic mass is 9.99. The van der Waals surface area contributed by atoms with Gasteiger partial charge in [-0.25, -0.2) is 9.18 Å². The number of anilines is 1. The normalized spacial score (nSPS) is 12.0. The molecule has 0 aliphatic heterocycles. The van der Waals surface area contributed by atoms with Crippen LogP contribution in [0.4, 0.5) is 10.1 Å². The van der Waals surface area contributed by atoms with Gasteiger partial charge in [0.1, 0.15) is 5.82 Å². The molecule has 2 rings (SSSR count). The fraction of sp³-hybridized carbons (Fsp3) is 0.238. The molecule has 0 saturated carbocycles. The van der Waals surface area contributed by atoms with Crippen LogP contribution in [0.1, 0.15) is 37.3 Å². The zero-order valence-electron chi connectivity index (χ0n) is 14.9. The zero-order chi connectivity index (χ0) is 18.9. The molecule has 4 nitrogen and oxygen atoms in total. The fourth-order valence-corrected chi connectivity index (χ4v) is 2.25. The van der Waals surface area contributed by atoms with Gasteiger partial charge in [-0.15, -0.1) is 0 Å². The molecule has 136 valence electrons. The van der Waals surface area contributed by atoms with E-state index in [0.29, 0.717) is 17.2 Å². The first-order valence-corrected chi connectivity index (χ1v) is 8.48. The summed E-state index contributed by atoms with van der Waals surface area (Å²) in [6.45, 7) is 3.89. The minimum absolute atomic E-state index is 0.349. The molecule has 1 amide bonds. The molecule has 0 fully saturated rings. The van der Waals surface area contributed by atoms with E-state index in [4.69, 9.17) is 4.74 Å². The summed E-state index contributed by atoms with van der Waals surface area (Å²) in [7, 11) is 0. The predicted molar refractivity (Wildman–Crippen MR) is 100 cm³/mol. The van der Waals surface area contributed by atoms with Crippen molar-refractivity contribution in [2.75, 3.05) is 11.9 Å². The summed E-state index contributed by atoms with van der Waals surface area (Å²) in [4.78, 5) is 23.5. The number of nitrogens with one attached hydrogen (secondary N) is 1. The molecule has 0 aromatic heterocycles. The van der Waals surface area contributed by atoms with Gasteiger partial charge in [-0.1, -0.05) is 38.1 Å². The predicted octanol–water partition coefficient (Wildman–Crippen LogP) is 4.53. The van der Waals surface area contributed by atoms with Gasteiger partial charge in [-0.2, -0.15) is 0 Å². The quantitative estimate of drug-likeness (QED) is 0.586. The maximum atomic E-state index is 12.8. The average molecular weight is 355 g/mol. The second kappa shape index (κ2) is 9.51. The molecule has 0 saturated heterocycles. The highest BCUT2D eigenvalue weighted by Crippen LogP contribution is 2.20. The maximum Gasteiger partial charge on any atom is 0.331 e. The number of amides is 1. The number of benzene rings is 2. The van der Waals surface area contributed by atoms with Crippen LogP contribution < -0.4 is 5.32 Å². The van der Waals surface area contributed by atoms with Gasteiger partial charge in [0, 0.05) is 11.8 Å². The van der Waals surface area contributed by atoms with Crippen molar-refractivity contribution in [2.45, 2.75) is 26.2 Å². The fourth-order valence-electron chi connectivity index (χ4n) is 2.25. The molecule has 0 heterocycles. The van der Waals surface area contributed by atoms with Crippen LogP contribution in [0, 0.1) is 5.82 Å². The average Bonchev–Trinajstić information content (AvgIpc) is 2.66. The Balaban J connectivity index is 1.79. The SMILES string of the molecule is CCC(C)c1ccc(NC(=O)COC(=O)/C=C/c2ccc(F)cc2)cc1. The Hall–Kier alpha value is -2.95. The largest absolute Gasteiger partial charge is 0.452 e. The van der Waals surface area contributed by atoms with E-state index in [0.717, 1.165) is 6.42 Å². The standard InChI is InChI=1S/C21H22FNO3/c1-3-15(2)17-7-11-19(12-8-17)23-20(24)14-26-21(25)13-6-16-4-9-18(22)10-5-16/h4-13,15H,3,14H2,1-2H3,(H,23,24)/b13-6+. The van der Waals surface area contributed by atoms with Crippen molar-refractivity contribution in [1.29, 1.82) is 0 Å². The van der Waals surface area contributed by atoms with Gasteiger partial charge in [0.25, 0.3) is 5.91 Å². The van der Waals surface area contributed by atoms with Crippen LogP contribution in [0.3, 0.4) is 0 Å². The van der Waals surface area contributed by atoms with Crippen LogP contribution in [0.25, 0.3) is 6.08 Å². The van der Waals surface area contributed by atoms with Crippen LogP contribution in [-0.4, -0.2) is 18.5 Å². The van der Waals surface area contributed by atoms with Crippen molar-refractivity contribution in [3.63, 3.8) is 0 Å². The van der Waals surface area contributed by atoms with E-state index < -0.39 is 11.9 Å². The summed E-state index contributed by atoms with van der Waals surface area (Å²) < 4.78 is 17.7. The molecule has 0 aliphatic carbocycles. The number of hydrogen-bond acceptors (Lipinski definition) is 3. The summed E-state index contributed by atoms with van der Waals surface area (Å²) in [5.74, 6) is -0.936. The summed E-state index contributed by atoms with van der Waals surface area (Å²) in [5, 5.41) is 2.68. The van der Waals surface area contributed by atoms with E-state index in [1.54, 1.807) is 0 Å². The number of ether oxygens (including phenoxy) is 1. The molecule has 0 aliphatic rings. The maximum absolute atomic E-state index is 12.8. The lowest BCUT2D eigenvalue weighted by molar-refractivity contribution is -0.142. The Kier molecular flexibility index (Phi) is 7.09. The van der Waals surface area contributed by atoms with Crippen LogP contribution in [0.15, 0.2) is 54.6 Å². The Morgan fingerprint density at radius 2 is 1.77 bits per heavy atom. The van der Waals surface area contributed by atoms with Crippen molar-refractivity contribution in [3.8, 4) is 0 Å². The Morgan fingerprint density at radius 1 is 1.12 bits per heavy atom. The van der Waals surface area contributed by atoms with E-state index in [9.17, 15) is 14.0 Å². The van der Waals surface area contributed by atoms with Crippen molar-refractivity contribution >= 4 is 23.6 Å². The number of rotatable bonds is 7. The van der Waals surface area contributed by atoms with Gasteiger partial charge in [0.05, 0.1) is 0 Å². The highest BCUT2D eigenvalue weighted by molar-refractivity contribution is 5.94. The molecule has 26 heavy (non-hydrogen) atoms. The molecule has 1 N–H and O–H groups in total. The van der Waals surface area contributed by atoms with Crippen LogP contribution >= 0.6 is 0 Å². The molecule has 0 radical (unpaired) electrons. The highest BCUT2D eigenvalue weighted by Gasteiger charge is 2.07. The molecule has 1 atom stereocenters. The van der Waals surface area contributed by atoms with E-state index in [1.165, 1.54) is 42.0 Å². The van der Waals surface area contributed by atoms with Gasteiger partial charge in [0.15, 0.2) is 6.61 Å². The summed E-state index contributed by atoms with van der Waals surface area (Å²) in [5.41, 5.74) is 2.53. The third-order valence-corrected chi connectivity index (χ3v) is 4.00. The van der Waals surface area contributed by atoms with Crippen molar-refractivity contribution in [3.05, 3.63) is 71.6 Å².